The maximum absolute atomic E-state index is 12.5. The van der Waals surface area contributed by atoms with Crippen molar-refractivity contribution in [2.45, 2.75) is 37.0 Å². The first-order valence-corrected chi connectivity index (χ1v) is 9.73. The molecule has 0 bridgehead atoms. The van der Waals surface area contributed by atoms with Crippen LogP contribution in [0.5, 0.6) is 0 Å². The van der Waals surface area contributed by atoms with Crippen LogP contribution < -0.4 is 5.32 Å². The summed E-state index contributed by atoms with van der Waals surface area (Å²) in [6.45, 7) is 3.68. The van der Waals surface area contributed by atoms with E-state index >= 15 is 0 Å². The van der Waals surface area contributed by atoms with Gasteiger partial charge in [0.2, 0.25) is 0 Å². The normalized spacial score (nSPS) is 12.7. The molecule has 0 saturated heterocycles. The minimum absolute atomic E-state index is 0.0610. The van der Waals surface area contributed by atoms with Gasteiger partial charge in [0.1, 0.15) is 6.04 Å². The van der Waals surface area contributed by atoms with E-state index in [2.05, 4.69) is 5.32 Å². The molecule has 0 fully saturated rings. The number of carboxylic acids is 1. The van der Waals surface area contributed by atoms with E-state index in [1.165, 1.54) is 24.5 Å². The van der Waals surface area contributed by atoms with Gasteiger partial charge in [-0.15, -0.1) is 0 Å². The quantitative estimate of drug-likeness (QED) is 0.728. The molecule has 1 heterocycles. The lowest BCUT2D eigenvalue weighted by atomic mass is 10.0. The Hall–Kier alpha value is -2.61. The van der Waals surface area contributed by atoms with Crippen molar-refractivity contribution in [3.63, 3.8) is 0 Å². The predicted molar refractivity (Wildman–Crippen MR) is 94.4 cm³/mol. The molecule has 0 aliphatic heterocycles. The van der Waals surface area contributed by atoms with E-state index in [4.69, 9.17) is 4.42 Å². The van der Waals surface area contributed by atoms with Gasteiger partial charge < -0.3 is 14.8 Å². The highest BCUT2D eigenvalue weighted by molar-refractivity contribution is 7.90. The zero-order valence-electron chi connectivity index (χ0n) is 14.5. The Labute approximate surface area is 151 Å². The van der Waals surface area contributed by atoms with E-state index in [9.17, 15) is 23.1 Å². The van der Waals surface area contributed by atoms with E-state index in [0.29, 0.717) is 0 Å². The molecule has 0 aliphatic rings. The number of carbonyl (C=O) groups is 2. The van der Waals surface area contributed by atoms with E-state index < -0.39 is 33.5 Å². The van der Waals surface area contributed by atoms with Crippen LogP contribution in [0.2, 0.25) is 0 Å². The minimum atomic E-state index is -3.66. The molecule has 1 aromatic carbocycles. The van der Waals surface area contributed by atoms with Crippen LogP contribution in [-0.2, 0) is 20.4 Å². The van der Waals surface area contributed by atoms with Crippen molar-refractivity contribution in [1.82, 2.24) is 5.32 Å². The zero-order valence-corrected chi connectivity index (χ0v) is 15.3. The summed E-state index contributed by atoms with van der Waals surface area (Å²) in [4.78, 5) is 23.8. The second-order valence-electron chi connectivity index (χ2n) is 6.34. The van der Waals surface area contributed by atoms with Gasteiger partial charge in [-0.05, 0) is 30.5 Å². The van der Waals surface area contributed by atoms with E-state index in [1.54, 1.807) is 18.2 Å². The van der Waals surface area contributed by atoms with Gasteiger partial charge in [-0.1, -0.05) is 32.0 Å². The largest absolute Gasteiger partial charge is 0.480 e. The summed E-state index contributed by atoms with van der Waals surface area (Å²) in [5.41, 5.74) is 0.181. The molecule has 0 spiro atoms. The number of sulfone groups is 1. The second kappa shape index (κ2) is 8.18. The van der Waals surface area contributed by atoms with Gasteiger partial charge in [-0.25, -0.2) is 13.2 Å². The summed E-state index contributed by atoms with van der Waals surface area (Å²) >= 11 is 0. The summed E-state index contributed by atoms with van der Waals surface area (Å²) in [7, 11) is -3.66. The van der Waals surface area contributed by atoms with Crippen molar-refractivity contribution in [1.29, 1.82) is 0 Å². The molecule has 2 N–H and O–H groups in total. The summed E-state index contributed by atoms with van der Waals surface area (Å²) in [6, 6.07) is 8.19. The topological polar surface area (TPSA) is 114 Å². The SMILES string of the molecule is CC(C)C[C@@H](NC(=O)c1occc1CS(=O)(=O)c1ccccc1)C(=O)O. The van der Waals surface area contributed by atoms with Gasteiger partial charge in [-0.2, -0.15) is 0 Å². The lowest BCUT2D eigenvalue weighted by molar-refractivity contribution is -0.139. The van der Waals surface area contributed by atoms with Crippen molar-refractivity contribution in [3.8, 4) is 0 Å². The molecular weight excluding hydrogens is 358 g/mol. The Morgan fingerprint density at radius 3 is 2.38 bits per heavy atom. The van der Waals surface area contributed by atoms with E-state index in [0.717, 1.165) is 0 Å². The maximum Gasteiger partial charge on any atom is 0.326 e. The van der Waals surface area contributed by atoms with Gasteiger partial charge in [-0.3, -0.25) is 4.79 Å². The number of amides is 1. The van der Waals surface area contributed by atoms with Crippen LogP contribution in [0.25, 0.3) is 0 Å². The average Bonchev–Trinajstić information content (AvgIpc) is 3.02. The van der Waals surface area contributed by atoms with Crippen LogP contribution in [-0.4, -0.2) is 31.4 Å². The van der Waals surface area contributed by atoms with Gasteiger partial charge in [0.05, 0.1) is 16.9 Å². The standard InChI is InChI=1S/C18H21NO6S/c1-12(2)10-15(18(21)22)19-17(20)16-13(8-9-25-16)11-26(23,24)14-6-4-3-5-7-14/h3-9,12,15H,10-11H2,1-2H3,(H,19,20)(H,21,22)/t15-/m1/s1. The molecule has 0 aliphatic carbocycles. The summed E-state index contributed by atoms with van der Waals surface area (Å²) < 4.78 is 30.1. The van der Waals surface area contributed by atoms with Gasteiger partial charge in [0, 0.05) is 5.56 Å². The molecule has 1 amide bonds. The number of aliphatic carboxylic acids is 1. The van der Waals surface area contributed by atoms with Gasteiger partial charge in [0.15, 0.2) is 15.6 Å². The highest BCUT2D eigenvalue weighted by atomic mass is 32.2. The molecule has 1 aromatic heterocycles. The first kappa shape index (κ1) is 19.7. The van der Waals surface area contributed by atoms with Crippen LogP contribution in [0.4, 0.5) is 0 Å². The van der Waals surface area contributed by atoms with Crippen LogP contribution in [0, 0.1) is 5.92 Å². The van der Waals surface area contributed by atoms with Crippen LogP contribution in [0.15, 0.2) is 52.0 Å². The Kier molecular flexibility index (Phi) is 6.20. The van der Waals surface area contributed by atoms with Crippen molar-refractivity contribution in [3.05, 3.63) is 54.0 Å². The zero-order chi connectivity index (χ0) is 19.3. The third-order valence-electron chi connectivity index (χ3n) is 3.71. The fourth-order valence-corrected chi connectivity index (χ4v) is 3.86. The Balaban J connectivity index is 2.19. The Bertz CT molecular complexity index is 870. The third-order valence-corrected chi connectivity index (χ3v) is 5.39. The summed E-state index contributed by atoms with van der Waals surface area (Å²) in [5, 5.41) is 11.6. The number of furan rings is 1. The van der Waals surface area contributed by atoms with Crippen molar-refractivity contribution < 1.29 is 27.5 Å². The number of hydrogen-bond acceptors (Lipinski definition) is 5. The average molecular weight is 379 g/mol. The highest BCUT2D eigenvalue weighted by Crippen LogP contribution is 2.20. The fourth-order valence-electron chi connectivity index (χ4n) is 2.48. The molecule has 7 nitrogen and oxygen atoms in total. The molecule has 0 unspecified atom stereocenters. The fraction of sp³-hybridized carbons (Fsp3) is 0.333. The molecule has 26 heavy (non-hydrogen) atoms. The number of carboxylic acid groups (broad SMARTS) is 1. The maximum atomic E-state index is 12.5. The van der Waals surface area contributed by atoms with Gasteiger partial charge >= 0.3 is 5.97 Å². The number of hydrogen-bond donors (Lipinski definition) is 2. The number of carbonyl (C=O) groups excluding carboxylic acids is 1. The molecule has 8 heteroatoms. The Morgan fingerprint density at radius 1 is 1.15 bits per heavy atom. The lowest BCUT2D eigenvalue weighted by Gasteiger charge is -2.16. The molecule has 140 valence electrons. The molecule has 2 aromatic rings. The lowest BCUT2D eigenvalue weighted by Crippen LogP contribution is -2.41. The van der Waals surface area contributed by atoms with Crippen molar-refractivity contribution in [2.24, 2.45) is 5.92 Å². The van der Waals surface area contributed by atoms with Crippen molar-refractivity contribution >= 4 is 21.7 Å². The molecule has 2 rings (SSSR count). The second-order valence-corrected chi connectivity index (χ2v) is 8.33. The molecule has 0 radical (unpaired) electrons. The van der Waals surface area contributed by atoms with Crippen LogP contribution in [0.1, 0.15) is 36.4 Å². The highest BCUT2D eigenvalue weighted by Gasteiger charge is 2.26. The Morgan fingerprint density at radius 2 is 1.81 bits per heavy atom. The first-order valence-electron chi connectivity index (χ1n) is 8.08. The minimum Gasteiger partial charge on any atom is -0.480 e. The number of benzene rings is 1. The molecular formula is C18H21NO6S. The van der Waals surface area contributed by atoms with Crippen LogP contribution >= 0.6 is 0 Å². The number of nitrogens with one attached hydrogen (secondary N) is 1. The van der Waals surface area contributed by atoms with E-state index in [1.807, 2.05) is 13.8 Å². The van der Waals surface area contributed by atoms with Crippen LogP contribution in [0.3, 0.4) is 0 Å². The smallest absolute Gasteiger partial charge is 0.326 e. The van der Waals surface area contributed by atoms with Crippen molar-refractivity contribution in [2.75, 3.05) is 0 Å². The third kappa shape index (κ3) is 4.95. The molecule has 1 atom stereocenters. The monoisotopic (exact) mass is 379 g/mol. The first-order chi connectivity index (χ1) is 12.2. The summed E-state index contributed by atoms with van der Waals surface area (Å²) in [5.74, 6) is -2.46. The van der Waals surface area contributed by atoms with E-state index in [-0.39, 0.29) is 28.6 Å². The summed E-state index contributed by atoms with van der Waals surface area (Å²) in [6.07, 6.45) is 1.46. The number of rotatable bonds is 8. The van der Waals surface area contributed by atoms with Gasteiger partial charge in [0.25, 0.3) is 5.91 Å². The predicted octanol–water partition coefficient (Wildman–Crippen LogP) is 2.48. The molecule has 0 saturated carbocycles.